The molecule has 0 amide bonds. The van der Waals surface area contributed by atoms with Gasteiger partial charge in [0.1, 0.15) is 0 Å². The summed E-state index contributed by atoms with van der Waals surface area (Å²) in [5.74, 6) is -0.0776. The van der Waals surface area contributed by atoms with Crippen LogP contribution in [0.25, 0.3) is 0 Å². The van der Waals surface area contributed by atoms with Crippen LogP contribution >= 0.6 is 0 Å². The zero-order valence-electron chi connectivity index (χ0n) is 14.1. The molecule has 0 bridgehead atoms. The molecular weight excluding hydrogens is 308 g/mol. The van der Waals surface area contributed by atoms with E-state index in [1.54, 1.807) is 0 Å². The lowest BCUT2D eigenvalue weighted by molar-refractivity contribution is 0.480. The minimum Gasteiger partial charge on any atom is -0.286 e. The summed E-state index contributed by atoms with van der Waals surface area (Å²) in [5.41, 5.74) is 0. The van der Waals surface area contributed by atoms with Gasteiger partial charge >= 0.3 is 0 Å². The molecule has 0 unspecified atom stereocenters. The van der Waals surface area contributed by atoms with E-state index >= 15 is 0 Å². The summed E-state index contributed by atoms with van der Waals surface area (Å²) >= 11 is 0. The van der Waals surface area contributed by atoms with Gasteiger partial charge in [0, 0.05) is 24.2 Å². The van der Waals surface area contributed by atoms with Gasteiger partial charge < -0.3 is 0 Å². The second-order valence-electron chi connectivity index (χ2n) is 8.69. The van der Waals surface area contributed by atoms with E-state index in [1.807, 2.05) is 0 Å². The van der Waals surface area contributed by atoms with Gasteiger partial charge in [-0.1, -0.05) is 58.9 Å². The van der Waals surface area contributed by atoms with Crippen molar-refractivity contribution in [3.8, 4) is 0 Å². The first-order valence-electron chi connectivity index (χ1n) is 6.91. The van der Waals surface area contributed by atoms with Gasteiger partial charge in [0.2, 0.25) is 0 Å². The third-order valence-corrected chi connectivity index (χ3v) is 27.2. The van der Waals surface area contributed by atoms with Crippen LogP contribution in [0.3, 0.4) is 0 Å². The fraction of sp³-hybridized carbons (Fsp3) is 1.00. The molecule has 3 nitrogen and oxygen atoms in total. The smallest absolute Gasteiger partial charge is 0.264 e. The Kier molecular flexibility index (Phi) is 5.56. The molecule has 0 rings (SSSR count). The molecule has 1 N–H and O–H groups in total. The molecule has 0 aromatic rings. The van der Waals surface area contributed by atoms with Crippen LogP contribution in [0.4, 0.5) is 0 Å². The first-order valence-corrected chi connectivity index (χ1v) is 19.0. The maximum atomic E-state index is 11.3. The zero-order chi connectivity index (χ0) is 15.9. The quantitative estimate of drug-likeness (QED) is 0.585. The summed E-state index contributed by atoms with van der Waals surface area (Å²) in [6, 6.07) is 0. The van der Waals surface area contributed by atoms with Crippen LogP contribution in [0.2, 0.25) is 63.2 Å². The molecule has 7 heteroatoms. The molecule has 0 atom stereocenters. The Morgan fingerprint density at radius 3 is 1.21 bits per heavy atom. The van der Waals surface area contributed by atoms with Gasteiger partial charge in [-0.05, 0) is 10.7 Å². The predicted octanol–water partition coefficient (Wildman–Crippen LogP) is 4.10. The minimum atomic E-state index is -3.87. The summed E-state index contributed by atoms with van der Waals surface area (Å²) in [7, 11) is -8.55. The second kappa shape index (κ2) is 5.40. The molecule has 0 aliphatic rings. The number of rotatable bonds is 6. The van der Waals surface area contributed by atoms with Crippen LogP contribution in [-0.2, 0) is 10.1 Å². The van der Waals surface area contributed by atoms with Crippen molar-refractivity contribution in [2.45, 2.75) is 69.6 Å². The van der Waals surface area contributed by atoms with Crippen LogP contribution in [0.15, 0.2) is 0 Å². The van der Waals surface area contributed by atoms with Crippen LogP contribution in [0.1, 0.15) is 6.42 Å². The van der Waals surface area contributed by atoms with Gasteiger partial charge in [-0.15, -0.1) is 0 Å². The van der Waals surface area contributed by atoms with Crippen LogP contribution in [0, 0.1) is 0 Å². The lowest BCUT2D eigenvalue weighted by Crippen LogP contribution is -2.66. The van der Waals surface area contributed by atoms with Crippen molar-refractivity contribution in [1.29, 1.82) is 0 Å². The molecule has 0 saturated carbocycles. The maximum Gasteiger partial charge on any atom is 0.264 e. The normalized spacial score (nSPS) is 15.7. The van der Waals surface area contributed by atoms with Crippen LogP contribution < -0.4 is 0 Å². The summed E-state index contributed by atoms with van der Waals surface area (Å²) in [6.45, 7) is 21.3. The van der Waals surface area contributed by atoms with Gasteiger partial charge in [0.05, 0.1) is 5.75 Å². The minimum absolute atomic E-state index is 0.0776. The molecule has 0 fully saturated rings. The highest BCUT2D eigenvalue weighted by Gasteiger charge is 2.59. The Bertz CT molecular complexity index is 375. The Labute approximate surface area is 123 Å². The average molecular weight is 341 g/mol. The Hall–Kier alpha value is 0.561. The van der Waals surface area contributed by atoms with Crippen LogP contribution in [0.5, 0.6) is 0 Å². The molecule has 0 aromatic heterocycles. The fourth-order valence-electron chi connectivity index (χ4n) is 4.78. The van der Waals surface area contributed by atoms with Crippen molar-refractivity contribution in [2.75, 3.05) is 5.75 Å². The molecule has 19 heavy (non-hydrogen) atoms. The molecule has 0 aliphatic heterocycles. The standard InChI is InChI=1S/C12H32O3SSi3/c1-17(2,3)12(18(4,5)6,19(7,8)9)10-11-16(13,14)15/h10-11H2,1-9H3,(H,13,14,15). The van der Waals surface area contributed by atoms with Crippen molar-refractivity contribution in [3.63, 3.8) is 0 Å². The van der Waals surface area contributed by atoms with E-state index < -0.39 is 34.3 Å². The monoisotopic (exact) mass is 340 g/mol. The highest BCUT2D eigenvalue weighted by atomic mass is 32.2. The zero-order valence-corrected chi connectivity index (χ0v) is 17.9. The van der Waals surface area contributed by atoms with E-state index in [2.05, 4.69) is 58.9 Å². The molecule has 116 valence electrons. The summed E-state index contributed by atoms with van der Waals surface area (Å²) < 4.78 is 31.9. The van der Waals surface area contributed by atoms with Crippen molar-refractivity contribution in [3.05, 3.63) is 0 Å². The first-order chi connectivity index (χ1) is 7.96. The van der Waals surface area contributed by atoms with Gasteiger partial charge in [0.25, 0.3) is 10.1 Å². The summed E-state index contributed by atoms with van der Waals surface area (Å²) in [6.07, 6.45) is 0.646. The third kappa shape index (κ3) is 4.26. The SMILES string of the molecule is C[Si](C)(C)C(CCS(=O)(=O)O)([Si](C)(C)C)[Si](C)(C)C. The highest BCUT2D eigenvalue weighted by molar-refractivity contribution is 7.85. The summed E-state index contributed by atoms with van der Waals surface area (Å²) in [5, 5.41) is 0. The fourth-order valence-corrected chi connectivity index (χ4v) is 35.5. The van der Waals surface area contributed by atoms with E-state index in [-0.39, 0.29) is 10.0 Å². The van der Waals surface area contributed by atoms with Crippen molar-refractivity contribution in [2.24, 2.45) is 0 Å². The molecule has 0 aromatic carbocycles. The Balaban J connectivity index is 5.97. The highest BCUT2D eigenvalue weighted by Crippen LogP contribution is 2.56. The molecule has 0 aliphatic carbocycles. The van der Waals surface area contributed by atoms with E-state index in [9.17, 15) is 13.0 Å². The molecule has 0 spiro atoms. The Morgan fingerprint density at radius 1 is 0.789 bits per heavy atom. The first kappa shape index (κ1) is 19.6. The van der Waals surface area contributed by atoms with E-state index in [1.165, 1.54) is 0 Å². The molecule has 0 saturated heterocycles. The van der Waals surface area contributed by atoms with Gasteiger partial charge in [-0.3, -0.25) is 4.55 Å². The van der Waals surface area contributed by atoms with Crippen molar-refractivity contribution in [1.82, 2.24) is 0 Å². The Morgan fingerprint density at radius 2 is 1.05 bits per heavy atom. The third-order valence-electron chi connectivity index (χ3n) is 4.58. The predicted molar refractivity (Wildman–Crippen MR) is 93.8 cm³/mol. The van der Waals surface area contributed by atoms with Gasteiger partial charge in [-0.25, -0.2) is 0 Å². The van der Waals surface area contributed by atoms with E-state index in [0.717, 1.165) is 0 Å². The van der Waals surface area contributed by atoms with Crippen molar-refractivity contribution < 1.29 is 13.0 Å². The largest absolute Gasteiger partial charge is 0.286 e. The molecular formula is C12H32O3SSi3. The van der Waals surface area contributed by atoms with Crippen LogP contribution in [-0.4, -0.2) is 42.9 Å². The second-order valence-corrected chi connectivity index (χ2v) is 27.8. The number of hydrogen-bond donors (Lipinski definition) is 1. The molecule has 0 radical (unpaired) electrons. The maximum absolute atomic E-state index is 11.3. The summed E-state index contributed by atoms with van der Waals surface area (Å²) in [4.78, 5) is 0. The van der Waals surface area contributed by atoms with Crippen molar-refractivity contribution >= 4 is 34.3 Å². The van der Waals surface area contributed by atoms with E-state index in [0.29, 0.717) is 6.42 Å². The number of hydrogen-bond acceptors (Lipinski definition) is 2. The average Bonchev–Trinajstić information content (AvgIpc) is 1.92. The lowest BCUT2D eigenvalue weighted by Gasteiger charge is -2.59. The van der Waals surface area contributed by atoms with Gasteiger partial charge in [-0.2, -0.15) is 8.42 Å². The molecule has 0 heterocycles. The topological polar surface area (TPSA) is 54.4 Å². The lowest BCUT2D eigenvalue weighted by atomic mass is 10.5. The van der Waals surface area contributed by atoms with E-state index in [4.69, 9.17) is 0 Å². The van der Waals surface area contributed by atoms with Gasteiger partial charge in [0.15, 0.2) is 0 Å².